The number of esters is 1. The normalized spacial score (nSPS) is 29.8. The number of hydrogen-bond acceptors (Lipinski definition) is 6. The highest BCUT2D eigenvalue weighted by Crippen LogP contribution is 2.61. The van der Waals surface area contributed by atoms with Crippen molar-refractivity contribution in [2.75, 3.05) is 0 Å². The first-order valence-electron chi connectivity index (χ1n) is 8.23. The van der Waals surface area contributed by atoms with Crippen LogP contribution in [0, 0.1) is 6.92 Å². The van der Waals surface area contributed by atoms with Gasteiger partial charge in [0, 0.05) is 6.92 Å². The predicted octanol–water partition coefficient (Wildman–Crippen LogP) is 2.52. The molecule has 2 aliphatic heterocycles. The largest absolute Gasteiger partial charge is 0.433 e. The smallest absolute Gasteiger partial charge is 0.305 e. The van der Waals surface area contributed by atoms with Crippen LogP contribution < -0.4 is 0 Å². The molecule has 1 unspecified atom stereocenters. The minimum Gasteiger partial charge on any atom is -0.433 e. The third-order valence-corrected chi connectivity index (χ3v) is 6.94. The first-order valence-corrected chi connectivity index (χ1v) is 9.71. The number of benzene rings is 2. The van der Waals surface area contributed by atoms with Crippen LogP contribution in [0.1, 0.15) is 24.2 Å². The molecule has 0 saturated carbocycles. The van der Waals surface area contributed by atoms with Crippen molar-refractivity contribution in [2.24, 2.45) is 0 Å². The molecule has 4 rings (SSSR count). The molecule has 6 nitrogen and oxygen atoms in total. The Morgan fingerprint density at radius 3 is 2.35 bits per heavy atom. The zero-order valence-corrected chi connectivity index (χ0v) is 15.1. The van der Waals surface area contributed by atoms with Crippen LogP contribution in [-0.4, -0.2) is 31.7 Å². The lowest BCUT2D eigenvalue weighted by atomic mass is 10.1. The Bertz CT molecular complexity index is 938. The molecule has 0 N–H and O–H groups in total. The van der Waals surface area contributed by atoms with Gasteiger partial charge in [0.15, 0.2) is 6.10 Å². The van der Waals surface area contributed by atoms with Gasteiger partial charge in [0.05, 0.1) is 4.90 Å². The van der Waals surface area contributed by atoms with E-state index in [-0.39, 0.29) is 4.90 Å². The molecular weight excluding hydrogens is 356 g/mol. The maximum absolute atomic E-state index is 13.4. The number of carbonyl (C=O) groups excluding carboxylic acids is 1. The van der Waals surface area contributed by atoms with Gasteiger partial charge in [-0.05, 0) is 24.6 Å². The van der Waals surface area contributed by atoms with E-state index in [2.05, 4.69) is 0 Å². The lowest BCUT2D eigenvalue weighted by Gasteiger charge is -2.22. The van der Waals surface area contributed by atoms with E-state index < -0.39 is 39.2 Å². The zero-order valence-electron chi connectivity index (χ0n) is 14.3. The van der Waals surface area contributed by atoms with Crippen LogP contribution in [0.3, 0.4) is 0 Å². The van der Waals surface area contributed by atoms with Crippen molar-refractivity contribution in [3.8, 4) is 0 Å². The molecule has 0 aromatic heterocycles. The van der Waals surface area contributed by atoms with E-state index in [1.807, 2.05) is 13.0 Å². The Kier molecular flexibility index (Phi) is 3.91. The standard InChI is InChI=1S/C19H18O6S/c1-12-8-10-15(11-9-12)26(21,22)19-16(14-6-4-3-5-7-14)24-18(17(19)25-19)23-13(2)20/h3-11,16-18H,1-2H3/t16-,17+,18?,19+/m1/s1. The summed E-state index contributed by atoms with van der Waals surface area (Å²) in [5.74, 6) is -0.555. The zero-order chi connectivity index (χ0) is 18.5. The minimum atomic E-state index is -3.89. The van der Waals surface area contributed by atoms with Crippen LogP contribution in [-0.2, 0) is 28.8 Å². The van der Waals surface area contributed by atoms with E-state index in [0.717, 1.165) is 5.56 Å². The Morgan fingerprint density at radius 1 is 1.08 bits per heavy atom. The molecule has 26 heavy (non-hydrogen) atoms. The molecule has 2 aromatic rings. The molecule has 2 heterocycles. The number of epoxide rings is 1. The predicted molar refractivity (Wildman–Crippen MR) is 91.8 cm³/mol. The Labute approximate surface area is 151 Å². The number of fused-ring (bicyclic) bond motifs is 1. The second-order valence-electron chi connectivity index (χ2n) is 6.48. The van der Waals surface area contributed by atoms with E-state index in [9.17, 15) is 13.2 Å². The molecule has 2 saturated heterocycles. The van der Waals surface area contributed by atoms with Gasteiger partial charge in [-0.15, -0.1) is 0 Å². The maximum Gasteiger partial charge on any atom is 0.305 e. The van der Waals surface area contributed by atoms with Gasteiger partial charge in [0.2, 0.25) is 21.1 Å². The summed E-state index contributed by atoms with van der Waals surface area (Å²) < 4.78 is 43.4. The Morgan fingerprint density at radius 2 is 1.73 bits per heavy atom. The first-order chi connectivity index (χ1) is 12.4. The third-order valence-electron chi connectivity index (χ3n) is 4.67. The van der Waals surface area contributed by atoms with Gasteiger partial charge < -0.3 is 14.2 Å². The van der Waals surface area contributed by atoms with Crippen molar-refractivity contribution < 1.29 is 27.4 Å². The molecule has 0 bridgehead atoms. The Hall–Kier alpha value is -2.22. The highest BCUT2D eigenvalue weighted by molar-refractivity contribution is 7.93. The summed E-state index contributed by atoms with van der Waals surface area (Å²) in [5.41, 5.74) is 1.61. The lowest BCUT2D eigenvalue weighted by molar-refractivity contribution is -0.190. The summed E-state index contributed by atoms with van der Waals surface area (Å²) in [6.45, 7) is 3.13. The molecule has 136 valence electrons. The number of hydrogen-bond donors (Lipinski definition) is 0. The van der Waals surface area contributed by atoms with Crippen LogP contribution in [0.25, 0.3) is 0 Å². The van der Waals surface area contributed by atoms with Crippen molar-refractivity contribution in [1.29, 1.82) is 0 Å². The van der Waals surface area contributed by atoms with Crippen molar-refractivity contribution in [3.05, 3.63) is 65.7 Å². The fourth-order valence-corrected chi connectivity index (χ4v) is 5.36. The SMILES string of the molecule is CC(=O)OC1O[C@H](c2ccccc2)[C@@]2(S(=O)(=O)c3ccc(C)cc3)O[C@@H]12. The molecule has 0 amide bonds. The van der Waals surface area contributed by atoms with Crippen LogP contribution in [0.5, 0.6) is 0 Å². The second-order valence-corrected chi connectivity index (χ2v) is 8.60. The monoisotopic (exact) mass is 374 g/mol. The average molecular weight is 374 g/mol. The molecule has 7 heteroatoms. The molecule has 4 atom stereocenters. The van der Waals surface area contributed by atoms with E-state index in [1.165, 1.54) is 6.92 Å². The summed E-state index contributed by atoms with van der Waals surface area (Å²) in [6.07, 6.45) is -2.80. The summed E-state index contributed by atoms with van der Waals surface area (Å²) >= 11 is 0. The number of sulfone groups is 1. The number of carbonyl (C=O) groups is 1. The van der Waals surface area contributed by atoms with Gasteiger partial charge in [-0.1, -0.05) is 48.0 Å². The fourth-order valence-electron chi connectivity index (χ4n) is 3.37. The van der Waals surface area contributed by atoms with Crippen LogP contribution in [0.2, 0.25) is 0 Å². The van der Waals surface area contributed by atoms with Crippen molar-refractivity contribution >= 4 is 15.8 Å². The van der Waals surface area contributed by atoms with Crippen molar-refractivity contribution in [1.82, 2.24) is 0 Å². The maximum atomic E-state index is 13.4. The van der Waals surface area contributed by atoms with Gasteiger partial charge in [0.25, 0.3) is 0 Å². The van der Waals surface area contributed by atoms with Gasteiger partial charge in [0.1, 0.15) is 6.10 Å². The fraction of sp³-hybridized carbons (Fsp3) is 0.316. The Balaban J connectivity index is 1.79. The van der Waals surface area contributed by atoms with Crippen molar-refractivity contribution in [2.45, 2.75) is 42.2 Å². The van der Waals surface area contributed by atoms with Crippen LogP contribution in [0.15, 0.2) is 59.5 Å². The van der Waals surface area contributed by atoms with E-state index in [1.54, 1.807) is 48.5 Å². The first kappa shape index (κ1) is 17.2. The van der Waals surface area contributed by atoms with Crippen LogP contribution in [0.4, 0.5) is 0 Å². The van der Waals surface area contributed by atoms with Gasteiger partial charge in [-0.25, -0.2) is 8.42 Å². The number of aryl methyl sites for hydroxylation is 1. The number of ether oxygens (including phenoxy) is 3. The molecule has 0 spiro atoms. The van der Waals surface area contributed by atoms with E-state index >= 15 is 0 Å². The molecule has 2 fully saturated rings. The summed E-state index contributed by atoms with van der Waals surface area (Å²) in [5, 5.41) is 0. The topological polar surface area (TPSA) is 82.2 Å². The van der Waals surface area contributed by atoms with Gasteiger partial charge in [-0.3, -0.25) is 4.79 Å². The summed E-state index contributed by atoms with van der Waals surface area (Å²) in [7, 11) is -3.89. The van der Waals surface area contributed by atoms with Gasteiger partial charge >= 0.3 is 5.97 Å². The van der Waals surface area contributed by atoms with E-state index in [0.29, 0.717) is 5.56 Å². The molecular formula is C19H18O6S. The third kappa shape index (κ3) is 2.46. The molecule has 0 aliphatic carbocycles. The average Bonchev–Trinajstić information content (AvgIpc) is 3.30. The highest BCUT2D eigenvalue weighted by Gasteiger charge is 2.80. The highest BCUT2D eigenvalue weighted by atomic mass is 32.2. The molecule has 2 aromatic carbocycles. The second kappa shape index (κ2) is 5.90. The minimum absolute atomic E-state index is 0.151. The quantitative estimate of drug-likeness (QED) is 0.604. The lowest BCUT2D eigenvalue weighted by Crippen LogP contribution is -2.31. The summed E-state index contributed by atoms with van der Waals surface area (Å²) in [4.78, 5) is 9.92. The molecule has 2 aliphatic rings. The number of rotatable bonds is 4. The summed E-state index contributed by atoms with van der Waals surface area (Å²) in [6, 6.07) is 15.5. The van der Waals surface area contributed by atoms with E-state index in [4.69, 9.17) is 14.2 Å². The van der Waals surface area contributed by atoms with Crippen molar-refractivity contribution in [3.63, 3.8) is 0 Å². The van der Waals surface area contributed by atoms with Crippen LogP contribution >= 0.6 is 0 Å². The molecule has 0 radical (unpaired) electrons. The van der Waals surface area contributed by atoms with Gasteiger partial charge in [-0.2, -0.15) is 0 Å².